The van der Waals surface area contributed by atoms with Crippen LogP contribution in [0, 0.1) is 0 Å². The van der Waals surface area contributed by atoms with Crippen LogP contribution in [-0.4, -0.2) is 25.7 Å². The summed E-state index contributed by atoms with van der Waals surface area (Å²) in [6, 6.07) is 21.2. The standard InChI is InChI=1S/C19H15N5O/c1-13(25)20-16-9-5-8-15(12-16)17-10-11-18-21-22-19(24(18)23-17)14-6-3-2-4-7-14/h2-12H,1H3,(H,20,25). The van der Waals surface area contributed by atoms with Crippen molar-refractivity contribution in [3.05, 3.63) is 66.7 Å². The van der Waals surface area contributed by atoms with Gasteiger partial charge in [-0.15, -0.1) is 10.2 Å². The summed E-state index contributed by atoms with van der Waals surface area (Å²) in [7, 11) is 0. The Morgan fingerprint density at radius 2 is 1.72 bits per heavy atom. The molecule has 2 aromatic carbocycles. The van der Waals surface area contributed by atoms with Crippen molar-refractivity contribution < 1.29 is 4.79 Å². The number of fused-ring (bicyclic) bond motifs is 1. The highest BCUT2D eigenvalue weighted by atomic mass is 16.1. The van der Waals surface area contributed by atoms with E-state index in [2.05, 4.69) is 20.6 Å². The fourth-order valence-electron chi connectivity index (χ4n) is 2.67. The van der Waals surface area contributed by atoms with E-state index in [1.165, 1.54) is 6.92 Å². The van der Waals surface area contributed by atoms with Gasteiger partial charge in [0.05, 0.1) is 5.69 Å². The van der Waals surface area contributed by atoms with Crippen LogP contribution >= 0.6 is 0 Å². The quantitative estimate of drug-likeness (QED) is 0.625. The van der Waals surface area contributed by atoms with Crippen LogP contribution in [0.4, 0.5) is 5.69 Å². The van der Waals surface area contributed by atoms with Gasteiger partial charge in [0.25, 0.3) is 0 Å². The molecule has 2 aromatic heterocycles. The third-order valence-corrected chi connectivity index (χ3v) is 3.77. The van der Waals surface area contributed by atoms with Crippen molar-refractivity contribution in [1.82, 2.24) is 19.8 Å². The van der Waals surface area contributed by atoms with Crippen molar-refractivity contribution in [3.8, 4) is 22.6 Å². The molecule has 25 heavy (non-hydrogen) atoms. The van der Waals surface area contributed by atoms with Gasteiger partial charge in [0.15, 0.2) is 11.5 Å². The molecule has 4 rings (SSSR count). The molecule has 6 heteroatoms. The molecule has 0 radical (unpaired) electrons. The van der Waals surface area contributed by atoms with Gasteiger partial charge in [-0.3, -0.25) is 4.79 Å². The molecule has 122 valence electrons. The summed E-state index contributed by atoms with van der Waals surface area (Å²) in [6.07, 6.45) is 0. The Bertz CT molecular complexity index is 1060. The van der Waals surface area contributed by atoms with E-state index in [0.29, 0.717) is 11.5 Å². The maximum atomic E-state index is 11.3. The Balaban J connectivity index is 1.80. The molecule has 0 atom stereocenters. The Kier molecular flexibility index (Phi) is 3.70. The molecule has 2 heterocycles. The minimum Gasteiger partial charge on any atom is -0.326 e. The first-order valence-corrected chi connectivity index (χ1v) is 7.86. The topological polar surface area (TPSA) is 72.2 Å². The average Bonchev–Trinajstić information content (AvgIpc) is 3.05. The molecule has 1 amide bonds. The minimum atomic E-state index is -0.106. The zero-order valence-corrected chi connectivity index (χ0v) is 13.5. The number of aromatic nitrogens is 4. The second-order valence-corrected chi connectivity index (χ2v) is 5.64. The van der Waals surface area contributed by atoms with Gasteiger partial charge in [0.1, 0.15) is 0 Å². The van der Waals surface area contributed by atoms with Gasteiger partial charge >= 0.3 is 0 Å². The summed E-state index contributed by atoms with van der Waals surface area (Å²) >= 11 is 0. The normalized spacial score (nSPS) is 10.8. The maximum absolute atomic E-state index is 11.3. The molecule has 0 saturated carbocycles. The minimum absolute atomic E-state index is 0.106. The number of hydrogen-bond acceptors (Lipinski definition) is 4. The molecule has 0 bridgehead atoms. The summed E-state index contributed by atoms with van der Waals surface area (Å²) in [5.74, 6) is 0.584. The highest BCUT2D eigenvalue weighted by Gasteiger charge is 2.10. The van der Waals surface area contributed by atoms with E-state index >= 15 is 0 Å². The molecule has 0 aliphatic heterocycles. The van der Waals surface area contributed by atoms with Crippen molar-refractivity contribution >= 4 is 17.2 Å². The van der Waals surface area contributed by atoms with Gasteiger partial charge in [-0.2, -0.15) is 9.61 Å². The fourth-order valence-corrected chi connectivity index (χ4v) is 2.67. The smallest absolute Gasteiger partial charge is 0.221 e. The summed E-state index contributed by atoms with van der Waals surface area (Å²) in [5, 5.41) is 15.9. The highest BCUT2D eigenvalue weighted by Crippen LogP contribution is 2.23. The number of amides is 1. The monoisotopic (exact) mass is 329 g/mol. The largest absolute Gasteiger partial charge is 0.326 e. The molecule has 6 nitrogen and oxygen atoms in total. The average molecular weight is 329 g/mol. The Morgan fingerprint density at radius 3 is 2.52 bits per heavy atom. The highest BCUT2D eigenvalue weighted by molar-refractivity contribution is 5.89. The third kappa shape index (κ3) is 2.97. The van der Waals surface area contributed by atoms with Crippen molar-refractivity contribution in [1.29, 1.82) is 0 Å². The van der Waals surface area contributed by atoms with Crippen LogP contribution in [0.3, 0.4) is 0 Å². The number of benzene rings is 2. The lowest BCUT2D eigenvalue weighted by Crippen LogP contribution is -2.05. The molecule has 0 aliphatic rings. The Morgan fingerprint density at radius 1 is 0.920 bits per heavy atom. The SMILES string of the molecule is CC(=O)Nc1cccc(-c2ccc3nnc(-c4ccccc4)n3n2)c1. The van der Waals surface area contributed by atoms with E-state index in [4.69, 9.17) is 0 Å². The lowest BCUT2D eigenvalue weighted by atomic mass is 10.1. The lowest BCUT2D eigenvalue weighted by Gasteiger charge is -2.06. The number of carbonyl (C=O) groups excluding carboxylic acids is 1. The second kappa shape index (κ2) is 6.16. The molecule has 0 saturated heterocycles. The van der Waals surface area contributed by atoms with E-state index in [1.54, 1.807) is 4.52 Å². The van der Waals surface area contributed by atoms with E-state index in [9.17, 15) is 4.79 Å². The molecular formula is C19H15N5O. The van der Waals surface area contributed by atoms with E-state index in [1.807, 2.05) is 66.7 Å². The number of anilines is 1. The van der Waals surface area contributed by atoms with Gasteiger partial charge in [0.2, 0.25) is 5.91 Å². The molecule has 0 spiro atoms. The van der Waals surface area contributed by atoms with Gasteiger partial charge in [-0.25, -0.2) is 0 Å². The van der Waals surface area contributed by atoms with Gasteiger partial charge in [0, 0.05) is 23.7 Å². The van der Waals surface area contributed by atoms with Gasteiger partial charge in [-0.1, -0.05) is 42.5 Å². The number of hydrogen-bond donors (Lipinski definition) is 1. The van der Waals surface area contributed by atoms with Crippen molar-refractivity contribution in [3.63, 3.8) is 0 Å². The summed E-state index contributed by atoms with van der Waals surface area (Å²) < 4.78 is 1.73. The number of carbonyl (C=O) groups is 1. The van der Waals surface area contributed by atoms with Crippen LogP contribution in [-0.2, 0) is 4.79 Å². The molecule has 4 aromatic rings. The predicted octanol–water partition coefficient (Wildman–Crippen LogP) is 3.42. The maximum Gasteiger partial charge on any atom is 0.221 e. The van der Waals surface area contributed by atoms with E-state index < -0.39 is 0 Å². The zero-order chi connectivity index (χ0) is 17.2. The first-order valence-electron chi connectivity index (χ1n) is 7.86. The number of rotatable bonds is 3. The van der Waals surface area contributed by atoms with Crippen LogP contribution < -0.4 is 5.32 Å². The third-order valence-electron chi connectivity index (χ3n) is 3.77. The van der Waals surface area contributed by atoms with Crippen molar-refractivity contribution in [2.24, 2.45) is 0 Å². The zero-order valence-electron chi connectivity index (χ0n) is 13.5. The van der Waals surface area contributed by atoms with Crippen LogP contribution in [0.2, 0.25) is 0 Å². The van der Waals surface area contributed by atoms with Crippen LogP contribution in [0.5, 0.6) is 0 Å². The van der Waals surface area contributed by atoms with Gasteiger partial charge in [-0.05, 0) is 24.3 Å². The Hall–Kier alpha value is -3.54. The first kappa shape index (κ1) is 15.0. The molecule has 0 aliphatic carbocycles. The predicted molar refractivity (Wildman–Crippen MR) is 96.0 cm³/mol. The first-order chi connectivity index (χ1) is 12.2. The van der Waals surface area contributed by atoms with Gasteiger partial charge < -0.3 is 5.32 Å². The van der Waals surface area contributed by atoms with Crippen molar-refractivity contribution in [2.75, 3.05) is 5.32 Å². The van der Waals surface area contributed by atoms with Crippen LogP contribution in [0.1, 0.15) is 6.92 Å². The summed E-state index contributed by atoms with van der Waals surface area (Å²) in [4.78, 5) is 11.3. The van der Waals surface area contributed by atoms with E-state index in [0.717, 1.165) is 22.5 Å². The molecule has 0 unspecified atom stereocenters. The number of nitrogens with zero attached hydrogens (tertiary/aromatic N) is 4. The van der Waals surface area contributed by atoms with Crippen LogP contribution in [0.15, 0.2) is 66.7 Å². The molecular weight excluding hydrogens is 314 g/mol. The summed E-state index contributed by atoms with van der Waals surface area (Å²) in [5.41, 5.74) is 4.05. The van der Waals surface area contributed by atoms with Crippen molar-refractivity contribution in [2.45, 2.75) is 6.92 Å². The second-order valence-electron chi connectivity index (χ2n) is 5.64. The Labute approximate surface area is 144 Å². The van der Waals surface area contributed by atoms with E-state index in [-0.39, 0.29) is 5.91 Å². The molecule has 1 N–H and O–H groups in total. The lowest BCUT2D eigenvalue weighted by molar-refractivity contribution is -0.114. The van der Waals surface area contributed by atoms with Crippen LogP contribution in [0.25, 0.3) is 28.3 Å². The molecule has 0 fully saturated rings. The summed E-state index contributed by atoms with van der Waals surface area (Å²) in [6.45, 7) is 1.49. The fraction of sp³-hybridized carbons (Fsp3) is 0.0526. The number of nitrogens with one attached hydrogen (secondary N) is 1.